The van der Waals surface area contributed by atoms with Gasteiger partial charge in [-0.3, -0.25) is 14.7 Å². The molecule has 2 rings (SSSR count). The van der Waals surface area contributed by atoms with Crippen molar-refractivity contribution in [3.8, 4) is 0 Å². The number of hydrogen-bond donors (Lipinski definition) is 3. The summed E-state index contributed by atoms with van der Waals surface area (Å²) in [5.41, 5.74) is 1.46. The number of aryl methyl sites for hydroxylation is 2. The average Bonchev–Trinajstić information content (AvgIpc) is 2.62. The maximum Gasteiger partial charge on any atom is 0.264 e. The highest BCUT2D eigenvalue weighted by atomic mass is 16.2. The second-order valence-corrected chi connectivity index (χ2v) is 3.57. The molecule has 2 heterocycles. The zero-order chi connectivity index (χ0) is 12.4. The Morgan fingerprint density at radius 1 is 1.24 bits per heavy atom. The van der Waals surface area contributed by atoms with Crippen LogP contribution in [-0.2, 0) is 0 Å². The summed E-state index contributed by atoms with van der Waals surface area (Å²) in [6.45, 7) is 3.49. The first-order valence-corrected chi connectivity index (χ1v) is 4.96. The molecule has 0 spiro atoms. The third-order valence-electron chi connectivity index (χ3n) is 2.28. The third kappa shape index (κ3) is 2.22. The van der Waals surface area contributed by atoms with E-state index in [0.717, 1.165) is 0 Å². The van der Waals surface area contributed by atoms with Gasteiger partial charge in [0.15, 0.2) is 5.82 Å². The van der Waals surface area contributed by atoms with Gasteiger partial charge in [0.25, 0.3) is 11.5 Å². The molecule has 88 valence electrons. The van der Waals surface area contributed by atoms with Gasteiger partial charge in [0.2, 0.25) is 0 Å². The lowest BCUT2D eigenvalue weighted by molar-refractivity contribution is 0.102. The van der Waals surface area contributed by atoms with Crippen molar-refractivity contribution in [2.45, 2.75) is 13.8 Å². The molecule has 0 radical (unpaired) electrons. The number of carbonyl (C=O) groups is 1. The standard InChI is InChI=1S/C10H11N5O2/c1-5-9(6(2)13-12-5)10(17)11-7-3-4-8(16)15-14-7/h3-4H,1-2H3,(H,12,13)(H,15,16)(H,11,14,17). The molecule has 7 nitrogen and oxygen atoms in total. The van der Waals surface area contributed by atoms with Crippen LogP contribution in [0.15, 0.2) is 16.9 Å². The summed E-state index contributed by atoms with van der Waals surface area (Å²) in [5.74, 6) is -0.0251. The SMILES string of the molecule is Cc1n[nH]c(C)c1C(=O)Nc1ccc(=O)[nH]n1. The van der Waals surface area contributed by atoms with Crippen LogP contribution in [-0.4, -0.2) is 26.3 Å². The van der Waals surface area contributed by atoms with E-state index in [0.29, 0.717) is 17.0 Å². The molecule has 7 heteroatoms. The van der Waals surface area contributed by atoms with Crippen LogP contribution < -0.4 is 10.9 Å². The summed E-state index contributed by atoms with van der Waals surface area (Å²) < 4.78 is 0. The molecule has 17 heavy (non-hydrogen) atoms. The summed E-state index contributed by atoms with van der Waals surface area (Å²) in [7, 11) is 0. The number of H-pyrrole nitrogens is 2. The van der Waals surface area contributed by atoms with Gasteiger partial charge < -0.3 is 5.32 Å². The third-order valence-corrected chi connectivity index (χ3v) is 2.28. The Labute approximate surface area is 96.3 Å². The molecule has 0 aliphatic heterocycles. The first-order chi connectivity index (χ1) is 8.08. The smallest absolute Gasteiger partial charge is 0.264 e. The van der Waals surface area contributed by atoms with Gasteiger partial charge in [-0.25, -0.2) is 5.10 Å². The van der Waals surface area contributed by atoms with E-state index in [1.165, 1.54) is 12.1 Å². The minimum absolute atomic E-state index is 0.287. The number of nitrogens with one attached hydrogen (secondary N) is 3. The molecule has 2 aromatic rings. The molecule has 0 aliphatic carbocycles. The predicted molar refractivity (Wildman–Crippen MR) is 60.9 cm³/mol. The summed E-state index contributed by atoms with van der Waals surface area (Å²) in [6, 6.07) is 2.72. The summed E-state index contributed by atoms with van der Waals surface area (Å²) >= 11 is 0. The molecule has 0 fully saturated rings. The zero-order valence-electron chi connectivity index (χ0n) is 9.37. The van der Waals surface area contributed by atoms with E-state index in [9.17, 15) is 9.59 Å². The molecular weight excluding hydrogens is 222 g/mol. The van der Waals surface area contributed by atoms with Gasteiger partial charge >= 0.3 is 0 Å². The second-order valence-electron chi connectivity index (χ2n) is 3.57. The second kappa shape index (κ2) is 4.20. The highest BCUT2D eigenvalue weighted by Gasteiger charge is 2.15. The van der Waals surface area contributed by atoms with Gasteiger partial charge in [0, 0.05) is 11.8 Å². The lowest BCUT2D eigenvalue weighted by Gasteiger charge is -2.03. The van der Waals surface area contributed by atoms with Gasteiger partial charge in [0.05, 0.1) is 11.3 Å². The molecule has 0 atom stereocenters. The van der Waals surface area contributed by atoms with Crippen LogP contribution in [0.3, 0.4) is 0 Å². The molecule has 0 aromatic carbocycles. The van der Waals surface area contributed by atoms with Crippen molar-refractivity contribution in [3.05, 3.63) is 39.4 Å². The molecule has 0 saturated carbocycles. The number of anilines is 1. The zero-order valence-corrected chi connectivity index (χ0v) is 9.37. The largest absolute Gasteiger partial charge is 0.305 e. The lowest BCUT2D eigenvalue weighted by atomic mass is 10.2. The number of rotatable bonds is 2. The minimum atomic E-state index is -0.321. The Hall–Kier alpha value is -2.44. The number of nitrogens with zero attached hydrogens (tertiary/aromatic N) is 2. The van der Waals surface area contributed by atoms with E-state index in [-0.39, 0.29) is 17.3 Å². The maximum absolute atomic E-state index is 11.9. The van der Waals surface area contributed by atoms with Crippen LogP contribution >= 0.6 is 0 Å². The van der Waals surface area contributed by atoms with Crippen molar-refractivity contribution < 1.29 is 4.79 Å². The molecule has 0 aliphatic rings. The van der Waals surface area contributed by atoms with Crippen LogP contribution in [0.4, 0.5) is 5.82 Å². The number of amides is 1. The number of hydrogen-bond acceptors (Lipinski definition) is 4. The van der Waals surface area contributed by atoms with E-state index in [4.69, 9.17) is 0 Å². The minimum Gasteiger partial charge on any atom is -0.305 e. The highest BCUT2D eigenvalue weighted by Crippen LogP contribution is 2.11. The normalized spacial score (nSPS) is 10.2. The van der Waals surface area contributed by atoms with E-state index >= 15 is 0 Å². The lowest BCUT2D eigenvalue weighted by Crippen LogP contribution is -2.16. The van der Waals surface area contributed by atoms with Gasteiger partial charge in [0.1, 0.15) is 0 Å². The van der Waals surface area contributed by atoms with Crippen molar-refractivity contribution in [1.29, 1.82) is 0 Å². The monoisotopic (exact) mass is 233 g/mol. The van der Waals surface area contributed by atoms with Crippen molar-refractivity contribution in [1.82, 2.24) is 20.4 Å². The van der Waals surface area contributed by atoms with Crippen LogP contribution in [0.2, 0.25) is 0 Å². The molecule has 2 aromatic heterocycles. The Balaban J connectivity index is 2.23. The Kier molecular flexibility index (Phi) is 2.73. The van der Waals surface area contributed by atoms with Crippen molar-refractivity contribution in [2.75, 3.05) is 5.32 Å². The van der Waals surface area contributed by atoms with Crippen LogP contribution in [0.5, 0.6) is 0 Å². The Bertz CT molecular complexity index is 573. The van der Waals surface area contributed by atoms with Gasteiger partial charge in [-0.1, -0.05) is 0 Å². The fourth-order valence-corrected chi connectivity index (χ4v) is 1.48. The molecule has 0 unspecified atom stereocenters. The molecule has 0 bridgehead atoms. The molecule has 3 N–H and O–H groups in total. The fraction of sp³-hybridized carbons (Fsp3) is 0.200. The first kappa shape index (κ1) is 11.1. The Morgan fingerprint density at radius 2 is 2.00 bits per heavy atom. The Morgan fingerprint density at radius 3 is 2.53 bits per heavy atom. The van der Waals surface area contributed by atoms with Crippen LogP contribution in [0.1, 0.15) is 21.7 Å². The van der Waals surface area contributed by atoms with E-state index in [2.05, 4.69) is 25.7 Å². The van der Waals surface area contributed by atoms with Gasteiger partial charge in [-0.2, -0.15) is 10.2 Å². The van der Waals surface area contributed by atoms with Gasteiger partial charge in [-0.05, 0) is 19.9 Å². The number of carbonyl (C=O) groups excluding carboxylic acids is 1. The topological polar surface area (TPSA) is 104 Å². The highest BCUT2D eigenvalue weighted by molar-refractivity contribution is 6.05. The van der Waals surface area contributed by atoms with Crippen molar-refractivity contribution in [2.24, 2.45) is 0 Å². The fourth-order valence-electron chi connectivity index (χ4n) is 1.48. The predicted octanol–water partition coefficient (Wildman–Crippen LogP) is 0.362. The summed E-state index contributed by atoms with van der Waals surface area (Å²) in [6.07, 6.45) is 0. The summed E-state index contributed by atoms with van der Waals surface area (Å²) in [5, 5.41) is 15.1. The van der Waals surface area contributed by atoms with Crippen LogP contribution in [0, 0.1) is 13.8 Å². The van der Waals surface area contributed by atoms with Crippen molar-refractivity contribution >= 4 is 11.7 Å². The van der Waals surface area contributed by atoms with E-state index in [1.807, 2.05) is 0 Å². The molecular formula is C10H11N5O2. The van der Waals surface area contributed by atoms with Crippen molar-refractivity contribution in [3.63, 3.8) is 0 Å². The van der Waals surface area contributed by atoms with Gasteiger partial charge in [-0.15, -0.1) is 0 Å². The van der Waals surface area contributed by atoms with E-state index in [1.54, 1.807) is 13.8 Å². The quantitative estimate of drug-likeness (QED) is 0.696. The van der Waals surface area contributed by atoms with Crippen LogP contribution in [0.25, 0.3) is 0 Å². The average molecular weight is 233 g/mol. The summed E-state index contributed by atoms with van der Waals surface area (Å²) in [4.78, 5) is 22.7. The first-order valence-electron chi connectivity index (χ1n) is 4.96. The number of aromatic amines is 2. The molecule has 0 saturated heterocycles. The number of aromatic nitrogens is 4. The van der Waals surface area contributed by atoms with E-state index < -0.39 is 0 Å². The maximum atomic E-state index is 11.9. The molecule has 1 amide bonds.